The molecule has 2 bridgehead atoms. The molecule has 0 radical (unpaired) electrons. The molecule has 2 aliphatic heterocycles. The van der Waals surface area contributed by atoms with Gasteiger partial charge in [0.2, 0.25) is 0 Å². The largest absolute Gasteiger partial charge is 0.448 e. The average Bonchev–Trinajstić information content (AvgIpc) is 3.24. The number of carbonyl (C=O) groups is 1. The molecule has 2 unspecified atom stereocenters. The zero-order chi connectivity index (χ0) is 24.9. The molecule has 1 saturated heterocycles. The molecule has 4 aromatic carbocycles. The molecule has 3 aliphatic rings. The van der Waals surface area contributed by atoms with Gasteiger partial charge in [-0.05, 0) is 63.1 Å². The third-order valence-corrected chi connectivity index (χ3v) is 8.20. The normalized spacial score (nSPS) is 20.4. The third-order valence-electron chi connectivity index (χ3n) is 8.20. The van der Waals surface area contributed by atoms with Gasteiger partial charge in [0.25, 0.3) is 0 Å². The van der Waals surface area contributed by atoms with E-state index >= 15 is 0 Å². The van der Waals surface area contributed by atoms with Crippen molar-refractivity contribution in [2.24, 2.45) is 0 Å². The number of morpholine rings is 1. The van der Waals surface area contributed by atoms with Gasteiger partial charge < -0.3 is 9.47 Å². The van der Waals surface area contributed by atoms with E-state index in [4.69, 9.17) is 9.47 Å². The van der Waals surface area contributed by atoms with Gasteiger partial charge in [0, 0.05) is 5.92 Å². The molecule has 0 saturated carbocycles. The summed E-state index contributed by atoms with van der Waals surface area (Å²) in [4.78, 5) is 15.5. The van der Waals surface area contributed by atoms with Crippen molar-refractivity contribution < 1.29 is 14.3 Å². The van der Waals surface area contributed by atoms with Crippen molar-refractivity contribution in [2.75, 3.05) is 19.8 Å². The van der Waals surface area contributed by atoms with Gasteiger partial charge in [-0.25, -0.2) is 4.79 Å². The van der Waals surface area contributed by atoms with Gasteiger partial charge in [0.05, 0.1) is 25.3 Å². The Morgan fingerprint density at radius 1 is 0.892 bits per heavy atom. The van der Waals surface area contributed by atoms with Crippen LogP contribution in [0.2, 0.25) is 0 Å². The first-order valence-electron chi connectivity index (χ1n) is 13.1. The summed E-state index contributed by atoms with van der Waals surface area (Å²) in [7, 11) is 0. The quantitative estimate of drug-likeness (QED) is 0.314. The van der Waals surface area contributed by atoms with Crippen LogP contribution < -0.4 is 0 Å². The number of hydrogen-bond acceptors (Lipinski definition) is 3. The lowest BCUT2D eigenvalue weighted by Crippen LogP contribution is -2.56. The molecule has 4 nitrogen and oxygen atoms in total. The van der Waals surface area contributed by atoms with Gasteiger partial charge in [-0.1, -0.05) is 91.0 Å². The van der Waals surface area contributed by atoms with Crippen LogP contribution in [0.3, 0.4) is 0 Å². The van der Waals surface area contributed by atoms with Gasteiger partial charge in [0.1, 0.15) is 6.61 Å². The SMILES string of the molecule is Cc1ccc2ccccc2c1C1=CC2COCC(C1)N2C(=O)OCC1c2ccccc2-c2ccccc21. The highest BCUT2D eigenvalue weighted by Crippen LogP contribution is 2.45. The monoisotopic (exact) mass is 487 g/mol. The van der Waals surface area contributed by atoms with Crippen LogP contribution in [0.25, 0.3) is 27.5 Å². The molecule has 1 aliphatic carbocycles. The van der Waals surface area contributed by atoms with E-state index in [0.29, 0.717) is 19.8 Å². The molecule has 0 aromatic heterocycles. The number of ether oxygens (including phenoxy) is 2. The fraction of sp³-hybridized carbons (Fsp3) is 0.242. The highest BCUT2D eigenvalue weighted by Gasteiger charge is 2.40. The van der Waals surface area contributed by atoms with Crippen molar-refractivity contribution in [3.8, 4) is 11.1 Å². The maximum absolute atomic E-state index is 13.5. The van der Waals surface area contributed by atoms with E-state index < -0.39 is 0 Å². The van der Waals surface area contributed by atoms with Crippen LogP contribution >= 0.6 is 0 Å². The second-order valence-electron chi connectivity index (χ2n) is 10.3. The predicted octanol–water partition coefficient (Wildman–Crippen LogP) is 6.95. The Labute approximate surface area is 217 Å². The van der Waals surface area contributed by atoms with Crippen molar-refractivity contribution in [3.63, 3.8) is 0 Å². The Morgan fingerprint density at radius 2 is 1.59 bits per heavy atom. The first-order chi connectivity index (χ1) is 18.2. The van der Waals surface area contributed by atoms with Crippen LogP contribution in [0.5, 0.6) is 0 Å². The second kappa shape index (κ2) is 8.89. The number of rotatable bonds is 3. The molecule has 184 valence electrons. The Bertz CT molecular complexity index is 1510. The maximum Gasteiger partial charge on any atom is 0.410 e. The molecular formula is C33H29NO3. The number of benzene rings is 4. The van der Waals surface area contributed by atoms with Gasteiger partial charge in [-0.2, -0.15) is 0 Å². The van der Waals surface area contributed by atoms with Gasteiger partial charge in [-0.3, -0.25) is 4.90 Å². The topological polar surface area (TPSA) is 38.8 Å². The molecule has 1 amide bonds. The molecule has 37 heavy (non-hydrogen) atoms. The van der Waals surface area contributed by atoms with Crippen LogP contribution in [0, 0.1) is 6.92 Å². The van der Waals surface area contributed by atoms with Crippen molar-refractivity contribution >= 4 is 22.4 Å². The van der Waals surface area contributed by atoms with Crippen LogP contribution in [0.15, 0.2) is 91.0 Å². The van der Waals surface area contributed by atoms with Crippen LogP contribution in [0.4, 0.5) is 4.79 Å². The van der Waals surface area contributed by atoms with Crippen LogP contribution in [-0.4, -0.2) is 42.9 Å². The molecule has 2 heterocycles. The predicted molar refractivity (Wildman–Crippen MR) is 147 cm³/mol. The lowest BCUT2D eigenvalue weighted by Gasteiger charge is -2.44. The van der Waals surface area contributed by atoms with Crippen molar-refractivity contribution in [2.45, 2.75) is 31.3 Å². The van der Waals surface area contributed by atoms with E-state index in [2.05, 4.69) is 97.9 Å². The molecule has 0 spiro atoms. The Balaban J connectivity index is 1.16. The molecule has 1 fully saturated rings. The van der Waals surface area contributed by atoms with E-state index in [1.165, 1.54) is 49.7 Å². The summed E-state index contributed by atoms with van der Waals surface area (Å²) in [5.74, 6) is 0.0571. The summed E-state index contributed by atoms with van der Waals surface area (Å²) in [5, 5.41) is 2.51. The van der Waals surface area contributed by atoms with Crippen molar-refractivity contribution in [1.82, 2.24) is 4.90 Å². The highest BCUT2D eigenvalue weighted by atomic mass is 16.6. The summed E-state index contributed by atoms with van der Waals surface area (Å²) in [6.07, 6.45) is 2.74. The molecular weight excluding hydrogens is 458 g/mol. The number of carbonyl (C=O) groups excluding carboxylic acids is 1. The molecule has 4 heteroatoms. The first kappa shape index (κ1) is 22.3. The molecule has 7 rings (SSSR count). The number of fused-ring (bicyclic) bond motifs is 6. The van der Waals surface area contributed by atoms with E-state index in [1.54, 1.807) is 0 Å². The zero-order valence-electron chi connectivity index (χ0n) is 20.9. The number of aryl methyl sites for hydroxylation is 1. The summed E-state index contributed by atoms with van der Waals surface area (Å²) in [6.45, 7) is 3.53. The Hall–Kier alpha value is -3.89. The maximum atomic E-state index is 13.5. The highest BCUT2D eigenvalue weighted by molar-refractivity contribution is 5.96. The number of nitrogens with zero attached hydrogens (tertiary/aromatic N) is 1. The average molecular weight is 488 g/mol. The minimum Gasteiger partial charge on any atom is -0.448 e. The number of amides is 1. The lowest BCUT2D eigenvalue weighted by molar-refractivity contribution is -0.0331. The van der Waals surface area contributed by atoms with Gasteiger partial charge >= 0.3 is 6.09 Å². The smallest absolute Gasteiger partial charge is 0.410 e. The first-order valence-corrected chi connectivity index (χ1v) is 13.1. The number of hydrogen-bond donors (Lipinski definition) is 0. The summed E-state index contributed by atoms with van der Waals surface area (Å²) >= 11 is 0. The standard InChI is InChI=1S/C33H29NO3/c1-21-14-15-22-8-2-3-9-26(22)32(21)23-16-24-18-36-19-25(17-23)34(24)33(35)37-20-31-29-12-6-4-10-27(29)28-11-5-7-13-30(28)31/h2-16,24-25,31H,17-20H2,1H3. The van der Waals surface area contributed by atoms with E-state index in [1.807, 2.05) is 4.90 Å². The minimum absolute atomic E-state index is 0.0345. The molecule has 4 aromatic rings. The second-order valence-corrected chi connectivity index (χ2v) is 10.3. The Morgan fingerprint density at radius 3 is 2.35 bits per heavy atom. The van der Waals surface area contributed by atoms with Gasteiger partial charge in [0.15, 0.2) is 0 Å². The fourth-order valence-corrected chi connectivity index (χ4v) is 6.54. The molecule has 0 N–H and O–H groups in total. The fourth-order valence-electron chi connectivity index (χ4n) is 6.54. The van der Waals surface area contributed by atoms with Crippen LogP contribution in [0.1, 0.15) is 34.6 Å². The summed E-state index contributed by atoms with van der Waals surface area (Å²) in [6, 6.07) is 29.6. The van der Waals surface area contributed by atoms with Crippen molar-refractivity contribution in [3.05, 3.63) is 113 Å². The van der Waals surface area contributed by atoms with E-state index in [9.17, 15) is 4.79 Å². The third kappa shape index (κ3) is 3.67. The minimum atomic E-state index is -0.245. The summed E-state index contributed by atoms with van der Waals surface area (Å²) in [5.41, 5.74) is 8.79. The lowest BCUT2D eigenvalue weighted by atomic mass is 9.85. The molecule has 2 atom stereocenters. The Kier molecular flexibility index (Phi) is 5.37. The van der Waals surface area contributed by atoms with Gasteiger partial charge in [-0.15, -0.1) is 0 Å². The van der Waals surface area contributed by atoms with E-state index in [-0.39, 0.29) is 24.1 Å². The van der Waals surface area contributed by atoms with Crippen molar-refractivity contribution in [1.29, 1.82) is 0 Å². The zero-order valence-corrected chi connectivity index (χ0v) is 20.9. The summed E-state index contributed by atoms with van der Waals surface area (Å²) < 4.78 is 11.9. The van der Waals surface area contributed by atoms with E-state index in [0.717, 1.165) is 6.42 Å². The van der Waals surface area contributed by atoms with Crippen LogP contribution in [-0.2, 0) is 9.47 Å².